The quantitative estimate of drug-likeness (QED) is 0.722. The van der Waals surface area contributed by atoms with Crippen molar-refractivity contribution >= 4 is 11.9 Å². The van der Waals surface area contributed by atoms with Crippen molar-refractivity contribution in [2.45, 2.75) is 26.3 Å². The van der Waals surface area contributed by atoms with E-state index in [1.54, 1.807) is 38.1 Å². The molecule has 104 valence electrons. The zero-order chi connectivity index (χ0) is 14.5. The summed E-state index contributed by atoms with van der Waals surface area (Å²) in [6, 6.07) is 8.19. The van der Waals surface area contributed by atoms with Gasteiger partial charge in [-0.2, -0.15) is 0 Å². The number of carboxylic acids is 1. The number of carbonyl (C=O) groups is 2. The van der Waals surface area contributed by atoms with Crippen LogP contribution in [0, 0.1) is 5.41 Å². The van der Waals surface area contributed by atoms with Crippen molar-refractivity contribution in [1.29, 1.82) is 0 Å². The number of hydrogen-bond acceptors (Lipinski definition) is 3. The highest BCUT2D eigenvalue weighted by molar-refractivity contribution is 5.84. The van der Waals surface area contributed by atoms with Gasteiger partial charge in [-0.25, -0.2) is 0 Å². The van der Waals surface area contributed by atoms with E-state index in [4.69, 9.17) is 10.8 Å². The molecule has 5 heteroatoms. The average Bonchev–Trinajstić information content (AvgIpc) is 2.44. The van der Waals surface area contributed by atoms with Crippen molar-refractivity contribution in [3.63, 3.8) is 0 Å². The molecule has 5 nitrogen and oxygen atoms in total. The van der Waals surface area contributed by atoms with Gasteiger partial charge < -0.3 is 16.2 Å². The fourth-order valence-corrected chi connectivity index (χ4v) is 1.56. The van der Waals surface area contributed by atoms with Gasteiger partial charge in [0.15, 0.2) is 0 Å². The molecule has 0 saturated carbocycles. The summed E-state index contributed by atoms with van der Waals surface area (Å²) < 4.78 is 0. The van der Waals surface area contributed by atoms with Crippen LogP contribution < -0.4 is 11.1 Å². The molecule has 0 aliphatic rings. The van der Waals surface area contributed by atoms with Gasteiger partial charge in [0.1, 0.15) is 6.04 Å². The van der Waals surface area contributed by atoms with Crippen molar-refractivity contribution < 1.29 is 14.7 Å². The number of carboxylic acid groups (broad SMARTS) is 1. The van der Waals surface area contributed by atoms with Crippen LogP contribution in [0.5, 0.6) is 0 Å². The predicted molar refractivity (Wildman–Crippen MR) is 72.4 cm³/mol. The molecular formula is C14H20N2O3. The van der Waals surface area contributed by atoms with Crippen LogP contribution in [-0.4, -0.2) is 23.5 Å². The van der Waals surface area contributed by atoms with Crippen LogP contribution in [0.3, 0.4) is 0 Å². The van der Waals surface area contributed by atoms with Gasteiger partial charge in [0.05, 0.1) is 5.41 Å². The first-order chi connectivity index (χ1) is 8.90. The minimum absolute atomic E-state index is 0.0677. The molecule has 0 bridgehead atoms. The van der Waals surface area contributed by atoms with E-state index < -0.39 is 17.4 Å². The molecule has 0 aromatic heterocycles. The number of nitrogens with two attached hydrogens (primary N) is 1. The molecule has 0 aliphatic carbocycles. The maximum Gasteiger partial charge on any atom is 0.311 e. The lowest BCUT2D eigenvalue weighted by molar-refractivity contribution is -0.148. The van der Waals surface area contributed by atoms with Gasteiger partial charge in [-0.05, 0) is 18.9 Å². The number of carbonyl (C=O) groups excluding carboxylic acids is 1. The number of amides is 1. The molecule has 0 radical (unpaired) electrons. The van der Waals surface area contributed by atoms with Crippen LogP contribution in [0.25, 0.3) is 0 Å². The third-order valence-electron chi connectivity index (χ3n) is 3.39. The van der Waals surface area contributed by atoms with E-state index in [0.29, 0.717) is 12.0 Å². The first-order valence-corrected chi connectivity index (χ1v) is 6.22. The molecule has 0 saturated heterocycles. The Morgan fingerprint density at radius 3 is 2.42 bits per heavy atom. The summed E-state index contributed by atoms with van der Waals surface area (Å²) in [5.41, 5.74) is 5.56. The smallest absolute Gasteiger partial charge is 0.311 e. The lowest BCUT2D eigenvalue weighted by Gasteiger charge is -2.24. The van der Waals surface area contributed by atoms with E-state index in [-0.39, 0.29) is 12.5 Å². The van der Waals surface area contributed by atoms with E-state index in [1.807, 2.05) is 6.07 Å². The van der Waals surface area contributed by atoms with E-state index in [0.717, 1.165) is 0 Å². The second kappa shape index (κ2) is 6.33. The standard InChI is InChI=1S/C14H20N2O3/c1-3-14(2,13(18)19)9-16-12(17)11(15)10-7-5-4-6-8-10/h4-8,11H,3,9,15H2,1-2H3,(H,16,17)(H,18,19)/t11-,14?/m0/s1. The first kappa shape index (κ1) is 15.2. The Labute approximate surface area is 112 Å². The molecular weight excluding hydrogens is 244 g/mol. The lowest BCUT2D eigenvalue weighted by Crippen LogP contribution is -2.43. The lowest BCUT2D eigenvalue weighted by atomic mass is 9.87. The molecule has 19 heavy (non-hydrogen) atoms. The maximum atomic E-state index is 11.9. The molecule has 1 unspecified atom stereocenters. The minimum Gasteiger partial charge on any atom is -0.481 e. The van der Waals surface area contributed by atoms with Gasteiger partial charge in [0, 0.05) is 6.54 Å². The largest absolute Gasteiger partial charge is 0.481 e. The van der Waals surface area contributed by atoms with Crippen LogP contribution in [0.2, 0.25) is 0 Å². The Hall–Kier alpha value is -1.88. The highest BCUT2D eigenvalue weighted by Gasteiger charge is 2.32. The van der Waals surface area contributed by atoms with Crippen LogP contribution in [0.1, 0.15) is 31.9 Å². The maximum absolute atomic E-state index is 11.9. The number of nitrogens with one attached hydrogen (secondary N) is 1. The van der Waals surface area contributed by atoms with E-state index in [2.05, 4.69) is 5.32 Å². The number of aliphatic carboxylic acids is 1. The molecule has 0 aliphatic heterocycles. The summed E-state index contributed by atoms with van der Waals surface area (Å²) in [7, 11) is 0. The van der Waals surface area contributed by atoms with E-state index in [9.17, 15) is 9.59 Å². The van der Waals surface area contributed by atoms with Crippen molar-refractivity contribution in [2.24, 2.45) is 11.1 Å². The van der Waals surface area contributed by atoms with Crippen LogP contribution in [-0.2, 0) is 9.59 Å². The van der Waals surface area contributed by atoms with Crippen molar-refractivity contribution in [1.82, 2.24) is 5.32 Å². The first-order valence-electron chi connectivity index (χ1n) is 6.22. The fraction of sp³-hybridized carbons (Fsp3) is 0.429. The number of rotatable bonds is 6. The van der Waals surface area contributed by atoms with Gasteiger partial charge in [0.2, 0.25) is 5.91 Å². The summed E-state index contributed by atoms with van der Waals surface area (Å²) in [6.45, 7) is 3.44. The predicted octanol–water partition coefficient (Wildman–Crippen LogP) is 1.30. The highest BCUT2D eigenvalue weighted by atomic mass is 16.4. The summed E-state index contributed by atoms with van der Waals surface area (Å²) in [5.74, 6) is -1.30. The summed E-state index contributed by atoms with van der Waals surface area (Å²) in [6.07, 6.45) is 0.434. The number of hydrogen-bond donors (Lipinski definition) is 3. The van der Waals surface area contributed by atoms with Crippen molar-refractivity contribution in [2.75, 3.05) is 6.54 Å². The summed E-state index contributed by atoms with van der Waals surface area (Å²) >= 11 is 0. The fourth-order valence-electron chi connectivity index (χ4n) is 1.56. The molecule has 0 spiro atoms. The Morgan fingerprint density at radius 1 is 1.37 bits per heavy atom. The van der Waals surface area contributed by atoms with Crippen molar-refractivity contribution in [3.05, 3.63) is 35.9 Å². The summed E-state index contributed by atoms with van der Waals surface area (Å²) in [4.78, 5) is 23.0. The number of benzene rings is 1. The topological polar surface area (TPSA) is 92.4 Å². The minimum atomic E-state index is -0.966. The van der Waals surface area contributed by atoms with E-state index in [1.165, 1.54) is 0 Å². The SMILES string of the molecule is CCC(C)(CNC(=O)[C@@H](N)c1ccccc1)C(=O)O. The second-order valence-electron chi connectivity index (χ2n) is 4.83. The molecule has 1 aromatic rings. The highest BCUT2D eigenvalue weighted by Crippen LogP contribution is 2.20. The third kappa shape index (κ3) is 3.79. The monoisotopic (exact) mass is 264 g/mol. The zero-order valence-corrected chi connectivity index (χ0v) is 11.2. The normalized spacial score (nSPS) is 15.3. The average molecular weight is 264 g/mol. The van der Waals surface area contributed by atoms with Gasteiger partial charge in [-0.3, -0.25) is 9.59 Å². The van der Waals surface area contributed by atoms with E-state index >= 15 is 0 Å². The van der Waals surface area contributed by atoms with Crippen molar-refractivity contribution in [3.8, 4) is 0 Å². The molecule has 1 amide bonds. The Bertz CT molecular complexity index is 447. The van der Waals surface area contributed by atoms with Gasteiger partial charge in [0.25, 0.3) is 0 Å². The second-order valence-corrected chi connectivity index (χ2v) is 4.83. The Kier molecular flexibility index (Phi) is 5.06. The summed E-state index contributed by atoms with van der Waals surface area (Å²) in [5, 5.41) is 11.7. The molecule has 1 aromatic carbocycles. The Balaban J connectivity index is 2.63. The molecule has 2 atom stereocenters. The molecule has 0 fully saturated rings. The van der Waals surface area contributed by atoms with Crippen LogP contribution >= 0.6 is 0 Å². The van der Waals surface area contributed by atoms with Gasteiger partial charge >= 0.3 is 5.97 Å². The van der Waals surface area contributed by atoms with Gasteiger partial charge in [-0.1, -0.05) is 37.3 Å². The van der Waals surface area contributed by atoms with Gasteiger partial charge in [-0.15, -0.1) is 0 Å². The molecule has 4 N–H and O–H groups in total. The Morgan fingerprint density at radius 2 is 1.95 bits per heavy atom. The van der Waals surface area contributed by atoms with Crippen LogP contribution in [0.15, 0.2) is 30.3 Å². The zero-order valence-electron chi connectivity index (χ0n) is 11.2. The third-order valence-corrected chi connectivity index (χ3v) is 3.39. The molecule has 0 heterocycles. The van der Waals surface area contributed by atoms with Crippen LogP contribution in [0.4, 0.5) is 0 Å². The molecule has 1 rings (SSSR count).